The van der Waals surface area contributed by atoms with Crippen LogP contribution in [0.4, 0.5) is 0 Å². The number of rotatable bonds is 12. The maximum absolute atomic E-state index is 12.6. The molecule has 0 aliphatic carbocycles. The van der Waals surface area contributed by atoms with Gasteiger partial charge in [0.05, 0.1) is 18.5 Å². The van der Waals surface area contributed by atoms with E-state index in [4.69, 9.17) is 5.73 Å². The molecule has 1 heterocycles. The number of amides is 3. The summed E-state index contributed by atoms with van der Waals surface area (Å²) >= 11 is 0. The van der Waals surface area contributed by atoms with Crippen LogP contribution in [0.1, 0.15) is 39.8 Å². The van der Waals surface area contributed by atoms with Gasteiger partial charge in [-0.25, -0.2) is 9.78 Å². The first kappa shape index (κ1) is 26.0. The molecular weight excluding hydrogens is 408 g/mol. The van der Waals surface area contributed by atoms with E-state index < -0.39 is 54.0 Å². The first-order chi connectivity index (χ1) is 14.4. The largest absolute Gasteiger partial charge is 0.480 e. The van der Waals surface area contributed by atoms with Gasteiger partial charge in [0.15, 0.2) is 0 Å². The molecule has 5 unspecified atom stereocenters. The van der Waals surface area contributed by atoms with Crippen molar-refractivity contribution in [1.82, 2.24) is 25.9 Å². The highest BCUT2D eigenvalue weighted by molar-refractivity contribution is 5.94. The van der Waals surface area contributed by atoms with Crippen molar-refractivity contribution in [3.05, 3.63) is 18.2 Å². The molecule has 31 heavy (non-hydrogen) atoms. The number of carbonyl (C=O) groups is 4. The third-order valence-electron chi connectivity index (χ3n) is 4.47. The van der Waals surface area contributed by atoms with Gasteiger partial charge < -0.3 is 36.9 Å². The highest BCUT2D eigenvalue weighted by Gasteiger charge is 2.31. The normalized spacial score (nSPS) is 16.0. The summed E-state index contributed by atoms with van der Waals surface area (Å²) in [5.74, 6) is -3.23. The van der Waals surface area contributed by atoms with Gasteiger partial charge in [-0.15, -0.1) is 0 Å². The molecule has 12 nitrogen and oxygen atoms in total. The number of hydrogen-bond acceptors (Lipinski definition) is 7. The molecule has 1 aromatic rings. The minimum absolute atomic E-state index is 0.0677. The molecule has 0 saturated carbocycles. The molecule has 0 fully saturated rings. The lowest BCUT2D eigenvalue weighted by Crippen LogP contribution is -2.59. The fraction of sp³-hybridized carbons (Fsp3) is 0.632. The third-order valence-corrected chi connectivity index (χ3v) is 4.47. The lowest BCUT2D eigenvalue weighted by atomic mass is 10.0. The molecule has 174 valence electrons. The number of carboxylic acid groups (broad SMARTS) is 1. The Morgan fingerprint density at radius 2 is 1.71 bits per heavy atom. The predicted octanol–water partition coefficient (Wildman–Crippen LogP) is -1.73. The van der Waals surface area contributed by atoms with Gasteiger partial charge >= 0.3 is 5.97 Å². The maximum Gasteiger partial charge on any atom is 0.326 e. The predicted molar refractivity (Wildman–Crippen MR) is 111 cm³/mol. The lowest BCUT2D eigenvalue weighted by molar-refractivity contribution is -0.143. The van der Waals surface area contributed by atoms with Crippen molar-refractivity contribution < 1.29 is 29.4 Å². The minimum atomic E-state index is -1.43. The topological polar surface area (TPSA) is 200 Å². The van der Waals surface area contributed by atoms with Gasteiger partial charge in [-0.1, -0.05) is 13.8 Å². The summed E-state index contributed by atoms with van der Waals surface area (Å²) in [6.45, 7) is 6.50. The number of nitrogens with two attached hydrogens (primary N) is 1. The summed E-state index contributed by atoms with van der Waals surface area (Å²) < 4.78 is 0. The molecule has 5 atom stereocenters. The first-order valence-electron chi connectivity index (χ1n) is 9.97. The SMILES string of the molecule is CC(C)CC(N)C(=O)NC(C)C(=O)NC(C(=O)NC(Cc1cnc[nH]1)C(=O)O)C(C)O. The Kier molecular flexibility index (Phi) is 10.1. The van der Waals surface area contributed by atoms with Crippen LogP contribution in [-0.4, -0.2) is 74.1 Å². The number of hydrogen-bond donors (Lipinski definition) is 7. The fourth-order valence-corrected chi connectivity index (χ4v) is 2.76. The van der Waals surface area contributed by atoms with Gasteiger partial charge in [0.25, 0.3) is 0 Å². The summed E-state index contributed by atoms with van der Waals surface area (Å²) in [5.41, 5.74) is 6.28. The molecule has 0 bridgehead atoms. The van der Waals surface area contributed by atoms with Gasteiger partial charge in [0.1, 0.15) is 18.1 Å². The Balaban J connectivity index is 2.74. The number of carbonyl (C=O) groups excluding carboxylic acids is 3. The van der Waals surface area contributed by atoms with Crippen LogP contribution in [0.15, 0.2) is 12.5 Å². The fourth-order valence-electron chi connectivity index (χ4n) is 2.76. The smallest absolute Gasteiger partial charge is 0.326 e. The average Bonchev–Trinajstić information content (AvgIpc) is 3.17. The van der Waals surface area contributed by atoms with Crippen LogP contribution in [-0.2, 0) is 25.6 Å². The molecule has 0 aliphatic heterocycles. The zero-order valence-electron chi connectivity index (χ0n) is 18.1. The number of nitrogens with zero attached hydrogens (tertiary/aromatic N) is 1. The van der Waals surface area contributed by atoms with Crippen molar-refractivity contribution in [3.63, 3.8) is 0 Å². The van der Waals surface area contributed by atoms with Crippen LogP contribution in [0.25, 0.3) is 0 Å². The van der Waals surface area contributed by atoms with Crippen LogP contribution in [0.5, 0.6) is 0 Å². The monoisotopic (exact) mass is 440 g/mol. The zero-order chi connectivity index (χ0) is 23.7. The highest BCUT2D eigenvalue weighted by Crippen LogP contribution is 2.04. The minimum Gasteiger partial charge on any atom is -0.480 e. The summed E-state index contributed by atoms with van der Waals surface area (Å²) in [6.07, 6.45) is 1.84. The van der Waals surface area contributed by atoms with Crippen molar-refractivity contribution in [2.24, 2.45) is 11.7 Å². The summed E-state index contributed by atoms with van der Waals surface area (Å²) in [5, 5.41) is 26.4. The van der Waals surface area contributed by atoms with E-state index >= 15 is 0 Å². The number of aromatic amines is 1. The highest BCUT2D eigenvalue weighted by atomic mass is 16.4. The number of nitrogens with one attached hydrogen (secondary N) is 4. The van der Waals surface area contributed by atoms with Crippen molar-refractivity contribution in [2.75, 3.05) is 0 Å². The number of carboxylic acids is 1. The van der Waals surface area contributed by atoms with E-state index in [2.05, 4.69) is 25.9 Å². The third kappa shape index (κ3) is 8.72. The zero-order valence-corrected chi connectivity index (χ0v) is 18.1. The number of aromatic nitrogens is 2. The van der Waals surface area contributed by atoms with Gasteiger partial charge in [0.2, 0.25) is 17.7 Å². The van der Waals surface area contributed by atoms with Crippen LogP contribution < -0.4 is 21.7 Å². The average molecular weight is 441 g/mol. The number of aliphatic carboxylic acids is 1. The summed E-state index contributed by atoms with van der Waals surface area (Å²) in [6, 6.07) is -4.55. The molecule has 0 aliphatic rings. The Hall–Kier alpha value is -2.99. The Bertz CT molecular complexity index is 751. The van der Waals surface area contributed by atoms with Crippen LogP contribution >= 0.6 is 0 Å². The number of aliphatic hydroxyl groups is 1. The first-order valence-corrected chi connectivity index (χ1v) is 9.97. The van der Waals surface area contributed by atoms with E-state index in [9.17, 15) is 29.4 Å². The quantitative estimate of drug-likeness (QED) is 0.199. The van der Waals surface area contributed by atoms with Crippen LogP contribution in [0.3, 0.4) is 0 Å². The number of aliphatic hydroxyl groups excluding tert-OH is 1. The van der Waals surface area contributed by atoms with E-state index in [0.717, 1.165) is 0 Å². The van der Waals surface area contributed by atoms with Gasteiger partial charge in [0, 0.05) is 18.3 Å². The second kappa shape index (κ2) is 12.0. The standard InChI is InChI=1S/C19H32N6O6/c1-9(2)5-13(20)17(28)23-10(3)16(27)25-15(11(4)26)18(29)24-14(19(30)31)6-12-7-21-8-22-12/h7-11,13-15,26H,5-6,20H2,1-4H3,(H,21,22)(H,23,28)(H,24,29)(H,25,27)(H,30,31). The lowest BCUT2D eigenvalue weighted by Gasteiger charge is -2.25. The molecule has 0 radical (unpaired) electrons. The second-order valence-electron chi connectivity index (χ2n) is 7.87. The van der Waals surface area contributed by atoms with Crippen LogP contribution in [0, 0.1) is 5.92 Å². The Labute approximate surface area is 180 Å². The van der Waals surface area contributed by atoms with Gasteiger partial charge in [-0.05, 0) is 26.2 Å². The molecule has 3 amide bonds. The van der Waals surface area contributed by atoms with Crippen molar-refractivity contribution >= 4 is 23.7 Å². The molecule has 8 N–H and O–H groups in total. The van der Waals surface area contributed by atoms with Gasteiger partial charge in [-0.3, -0.25) is 14.4 Å². The van der Waals surface area contributed by atoms with Crippen molar-refractivity contribution in [3.8, 4) is 0 Å². The molecule has 0 saturated heterocycles. The van der Waals surface area contributed by atoms with E-state index in [0.29, 0.717) is 12.1 Å². The Morgan fingerprint density at radius 1 is 1.06 bits per heavy atom. The number of H-pyrrole nitrogens is 1. The molecule has 1 aromatic heterocycles. The Morgan fingerprint density at radius 3 is 2.19 bits per heavy atom. The van der Waals surface area contributed by atoms with E-state index in [-0.39, 0.29) is 12.3 Å². The van der Waals surface area contributed by atoms with Crippen molar-refractivity contribution in [1.29, 1.82) is 0 Å². The molecular formula is C19H32N6O6. The van der Waals surface area contributed by atoms with E-state index in [1.165, 1.54) is 26.4 Å². The van der Waals surface area contributed by atoms with Crippen molar-refractivity contribution in [2.45, 2.75) is 70.8 Å². The molecule has 1 rings (SSSR count). The molecule has 12 heteroatoms. The van der Waals surface area contributed by atoms with E-state index in [1.807, 2.05) is 13.8 Å². The van der Waals surface area contributed by atoms with E-state index in [1.54, 1.807) is 0 Å². The summed E-state index contributed by atoms with van der Waals surface area (Å²) in [7, 11) is 0. The summed E-state index contributed by atoms with van der Waals surface area (Å²) in [4.78, 5) is 55.1. The van der Waals surface area contributed by atoms with Gasteiger partial charge in [-0.2, -0.15) is 0 Å². The maximum atomic E-state index is 12.6. The molecule has 0 spiro atoms. The molecule has 0 aromatic carbocycles. The second-order valence-corrected chi connectivity index (χ2v) is 7.87. The van der Waals surface area contributed by atoms with Crippen LogP contribution in [0.2, 0.25) is 0 Å². The number of imidazole rings is 1.